The summed E-state index contributed by atoms with van der Waals surface area (Å²) in [7, 11) is -1.43. The lowest BCUT2D eigenvalue weighted by Gasteiger charge is -2.44. The first kappa shape index (κ1) is 32.4. The van der Waals surface area contributed by atoms with Gasteiger partial charge in [0.2, 0.25) is 0 Å². The highest BCUT2D eigenvalue weighted by Crippen LogP contribution is 2.38. The number of carbonyl (C=O) groups excluding carboxylic acids is 1. The fourth-order valence-electron chi connectivity index (χ4n) is 5.66. The van der Waals surface area contributed by atoms with E-state index in [2.05, 4.69) is 100 Å². The molecular formula is C37H44O5Si. The molecule has 0 bridgehead atoms. The normalized spacial score (nSPS) is 13.3. The van der Waals surface area contributed by atoms with Crippen molar-refractivity contribution in [2.45, 2.75) is 57.8 Å². The van der Waals surface area contributed by atoms with Crippen LogP contribution in [0.3, 0.4) is 0 Å². The van der Waals surface area contributed by atoms with Crippen LogP contribution >= 0.6 is 0 Å². The van der Waals surface area contributed by atoms with Crippen molar-refractivity contribution in [3.05, 3.63) is 132 Å². The minimum Gasteiger partial charge on any atom is -0.469 e. The van der Waals surface area contributed by atoms with Gasteiger partial charge < -0.3 is 18.6 Å². The Morgan fingerprint density at radius 3 is 1.81 bits per heavy atom. The van der Waals surface area contributed by atoms with Gasteiger partial charge in [-0.3, -0.25) is 4.79 Å². The molecule has 0 amide bonds. The highest BCUT2D eigenvalue weighted by Gasteiger charge is 2.50. The molecule has 0 aliphatic heterocycles. The number of methoxy groups -OCH3 is 1. The number of carbonyl (C=O) groups is 1. The molecule has 0 heterocycles. The molecule has 5 nitrogen and oxygen atoms in total. The van der Waals surface area contributed by atoms with Crippen molar-refractivity contribution in [1.82, 2.24) is 0 Å². The molecule has 0 radical (unpaired) electrons. The van der Waals surface area contributed by atoms with Gasteiger partial charge in [-0.2, -0.15) is 0 Å². The maximum absolute atomic E-state index is 12.7. The molecule has 43 heavy (non-hydrogen) atoms. The second kappa shape index (κ2) is 15.3. The van der Waals surface area contributed by atoms with E-state index in [1.165, 1.54) is 17.5 Å². The van der Waals surface area contributed by atoms with E-state index in [9.17, 15) is 4.79 Å². The van der Waals surface area contributed by atoms with E-state index in [1.54, 1.807) is 0 Å². The Morgan fingerprint density at radius 1 is 0.767 bits per heavy atom. The Kier molecular flexibility index (Phi) is 11.5. The first-order valence-electron chi connectivity index (χ1n) is 14.9. The second-order valence-electron chi connectivity index (χ2n) is 11.9. The Bertz CT molecular complexity index is 1350. The lowest BCUT2D eigenvalue weighted by Crippen LogP contribution is -2.67. The summed E-state index contributed by atoms with van der Waals surface area (Å²) >= 11 is 0. The Hall–Kier alpha value is -3.55. The van der Waals surface area contributed by atoms with Crippen LogP contribution in [0.25, 0.3) is 0 Å². The minimum atomic E-state index is -2.85. The van der Waals surface area contributed by atoms with Gasteiger partial charge in [-0.05, 0) is 33.5 Å². The number of esters is 1. The minimum absolute atomic E-state index is 0.0627. The number of aryl methyl sites for hydroxylation is 1. The molecule has 0 unspecified atom stereocenters. The van der Waals surface area contributed by atoms with Crippen LogP contribution in [0, 0.1) is 6.92 Å². The van der Waals surface area contributed by atoms with Gasteiger partial charge in [0.25, 0.3) is 8.32 Å². The summed E-state index contributed by atoms with van der Waals surface area (Å²) in [5.74, 6) is -0.596. The van der Waals surface area contributed by atoms with Crippen LogP contribution in [0.5, 0.6) is 0 Å². The largest absolute Gasteiger partial charge is 0.469 e. The van der Waals surface area contributed by atoms with Crippen LogP contribution in [-0.2, 0) is 30.0 Å². The van der Waals surface area contributed by atoms with E-state index in [1.807, 2.05) is 42.5 Å². The first-order chi connectivity index (χ1) is 20.7. The third-order valence-electron chi connectivity index (χ3n) is 7.93. The number of benzene rings is 4. The van der Waals surface area contributed by atoms with Gasteiger partial charge in [-0.15, -0.1) is 0 Å². The third kappa shape index (κ3) is 8.30. The molecule has 0 N–H and O–H groups in total. The van der Waals surface area contributed by atoms with Gasteiger partial charge in [0.15, 0.2) is 0 Å². The predicted molar refractivity (Wildman–Crippen MR) is 175 cm³/mol. The van der Waals surface area contributed by atoms with E-state index in [-0.39, 0.29) is 36.7 Å². The Labute approximate surface area is 257 Å². The summed E-state index contributed by atoms with van der Waals surface area (Å²) in [6.45, 7) is 9.58. The molecule has 0 aromatic heterocycles. The van der Waals surface area contributed by atoms with Crippen LogP contribution in [0.15, 0.2) is 115 Å². The number of hydrogen-bond donors (Lipinski definition) is 0. The SMILES string of the molecule is COC(=O)C[C@H](c1ccc(C)cc1)[C@@H](CO[Si](c1ccccc1)(c1ccccc1)C(C)(C)C)OCOCc1ccccc1. The highest BCUT2D eigenvalue weighted by atomic mass is 28.4. The number of ether oxygens (including phenoxy) is 3. The quantitative estimate of drug-likeness (QED) is 0.0696. The van der Waals surface area contributed by atoms with Crippen molar-refractivity contribution in [2.24, 2.45) is 0 Å². The fourth-order valence-corrected chi connectivity index (χ4v) is 10.2. The van der Waals surface area contributed by atoms with Crippen molar-refractivity contribution in [1.29, 1.82) is 0 Å². The van der Waals surface area contributed by atoms with Crippen molar-refractivity contribution in [3.8, 4) is 0 Å². The summed E-state index contributed by atoms with van der Waals surface area (Å²) in [5, 5.41) is 2.17. The third-order valence-corrected chi connectivity index (χ3v) is 12.9. The zero-order valence-corrected chi connectivity index (χ0v) is 27.0. The molecule has 2 atom stereocenters. The standard InChI is InChI=1S/C37H44O5Si/c1-29-21-23-31(24-22-29)34(25-36(38)39-5)35(41-28-40-26-30-15-9-6-10-16-30)27-42-43(37(2,3)4,32-17-11-7-12-18-32)33-19-13-8-14-20-33/h6-24,34-35H,25-28H2,1-5H3/t34-,35-/m1/s1. The molecule has 0 saturated heterocycles. The zero-order valence-electron chi connectivity index (χ0n) is 26.0. The molecule has 226 valence electrons. The van der Waals surface area contributed by atoms with Gasteiger partial charge in [0, 0.05) is 5.92 Å². The van der Waals surface area contributed by atoms with E-state index >= 15 is 0 Å². The van der Waals surface area contributed by atoms with E-state index in [0.717, 1.165) is 16.7 Å². The van der Waals surface area contributed by atoms with Gasteiger partial charge in [0.05, 0.1) is 32.8 Å². The topological polar surface area (TPSA) is 54.0 Å². The lowest BCUT2D eigenvalue weighted by atomic mass is 9.90. The van der Waals surface area contributed by atoms with E-state index in [0.29, 0.717) is 6.61 Å². The van der Waals surface area contributed by atoms with Crippen molar-refractivity contribution < 1.29 is 23.4 Å². The van der Waals surface area contributed by atoms with Crippen LogP contribution in [0.1, 0.15) is 49.8 Å². The average molecular weight is 597 g/mol. The zero-order chi connectivity index (χ0) is 30.7. The molecule has 6 heteroatoms. The van der Waals surface area contributed by atoms with Crippen molar-refractivity contribution in [3.63, 3.8) is 0 Å². The van der Waals surface area contributed by atoms with Crippen LogP contribution < -0.4 is 10.4 Å². The summed E-state index contributed by atoms with van der Waals surface area (Å²) in [4.78, 5) is 12.7. The van der Waals surface area contributed by atoms with Gasteiger partial charge in [-0.1, -0.05) is 142 Å². The second-order valence-corrected chi connectivity index (χ2v) is 16.2. The predicted octanol–water partition coefficient (Wildman–Crippen LogP) is 6.78. The van der Waals surface area contributed by atoms with Crippen LogP contribution in [0.4, 0.5) is 0 Å². The van der Waals surface area contributed by atoms with Crippen LogP contribution in [0.2, 0.25) is 5.04 Å². The smallest absolute Gasteiger partial charge is 0.306 e. The Balaban J connectivity index is 1.71. The molecule has 0 fully saturated rings. The summed E-state index contributed by atoms with van der Waals surface area (Å²) in [5.41, 5.74) is 3.21. The molecule has 0 aliphatic rings. The van der Waals surface area contributed by atoms with Crippen LogP contribution in [-0.4, -0.2) is 40.9 Å². The summed E-state index contributed by atoms with van der Waals surface area (Å²) in [6.07, 6.45) is -0.313. The van der Waals surface area contributed by atoms with Gasteiger partial charge in [0.1, 0.15) is 6.79 Å². The van der Waals surface area contributed by atoms with Crippen molar-refractivity contribution in [2.75, 3.05) is 20.5 Å². The molecular weight excluding hydrogens is 552 g/mol. The summed E-state index contributed by atoms with van der Waals surface area (Å²) in [6, 6.07) is 39.3. The van der Waals surface area contributed by atoms with Gasteiger partial charge in [-0.25, -0.2) is 0 Å². The van der Waals surface area contributed by atoms with Gasteiger partial charge >= 0.3 is 5.97 Å². The first-order valence-corrected chi connectivity index (χ1v) is 16.8. The fraction of sp³-hybridized carbons (Fsp3) is 0.324. The maximum Gasteiger partial charge on any atom is 0.306 e. The summed E-state index contributed by atoms with van der Waals surface area (Å²) < 4.78 is 24.9. The number of rotatable bonds is 14. The Morgan fingerprint density at radius 2 is 1.30 bits per heavy atom. The number of hydrogen-bond acceptors (Lipinski definition) is 5. The molecule has 0 saturated carbocycles. The molecule has 4 aromatic carbocycles. The van der Waals surface area contributed by atoms with Crippen molar-refractivity contribution >= 4 is 24.7 Å². The highest BCUT2D eigenvalue weighted by molar-refractivity contribution is 6.99. The lowest BCUT2D eigenvalue weighted by molar-refractivity contribution is -0.145. The molecule has 0 aliphatic carbocycles. The molecule has 0 spiro atoms. The molecule has 4 aromatic rings. The average Bonchev–Trinajstić information content (AvgIpc) is 3.02. The monoisotopic (exact) mass is 596 g/mol. The molecule has 4 rings (SSSR count). The van der Waals surface area contributed by atoms with E-state index in [4.69, 9.17) is 18.6 Å². The van der Waals surface area contributed by atoms with E-state index < -0.39 is 14.4 Å². The maximum atomic E-state index is 12.7.